The van der Waals surface area contributed by atoms with E-state index in [2.05, 4.69) is 4.98 Å². The van der Waals surface area contributed by atoms with Crippen LogP contribution >= 0.6 is 11.6 Å². The van der Waals surface area contributed by atoms with Crippen LogP contribution in [0.4, 0.5) is 0 Å². The first kappa shape index (κ1) is 7.58. The van der Waals surface area contributed by atoms with E-state index in [1.165, 1.54) is 0 Å². The van der Waals surface area contributed by atoms with E-state index in [1.54, 1.807) is 18.2 Å². The van der Waals surface area contributed by atoms with Gasteiger partial charge in [0, 0.05) is 5.02 Å². The minimum absolute atomic E-state index is 0.188. The quantitative estimate of drug-likeness (QED) is 0.735. The molecule has 0 fully saturated rings. The lowest BCUT2D eigenvalue weighted by Gasteiger charge is -1.85. The highest BCUT2D eigenvalue weighted by atomic mass is 35.5. The normalized spacial score (nSPS) is 10.8. The van der Waals surface area contributed by atoms with Crippen LogP contribution in [-0.2, 0) is 6.61 Å². The zero-order chi connectivity index (χ0) is 8.55. The van der Waals surface area contributed by atoms with Crippen LogP contribution in [0.5, 0.6) is 0 Å². The average Bonchev–Trinajstić information content (AvgIpc) is 2.46. The number of rotatable bonds is 1. The number of aromatic nitrogens is 1. The number of fused-ring (bicyclic) bond motifs is 1. The zero-order valence-electron chi connectivity index (χ0n) is 6.12. The average molecular weight is 184 g/mol. The van der Waals surface area contributed by atoms with E-state index in [0.29, 0.717) is 22.0 Å². The molecule has 1 aromatic heterocycles. The van der Waals surface area contributed by atoms with Gasteiger partial charge in [-0.15, -0.1) is 0 Å². The van der Waals surface area contributed by atoms with E-state index in [1.807, 2.05) is 0 Å². The molecule has 2 aromatic rings. The molecule has 0 aliphatic carbocycles. The summed E-state index contributed by atoms with van der Waals surface area (Å²) in [4.78, 5) is 3.99. The van der Waals surface area contributed by atoms with Crippen LogP contribution in [0.1, 0.15) is 5.89 Å². The van der Waals surface area contributed by atoms with Crippen LogP contribution in [-0.4, -0.2) is 10.1 Å². The maximum atomic E-state index is 8.72. The molecule has 1 aromatic carbocycles. The van der Waals surface area contributed by atoms with Gasteiger partial charge in [-0.1, -0.05) is 11.6 Å². The Kier molecular flexibility index (Phi) is 1.75. The summed E-state index contributed by atoms with van der Waals surface area (Å²) in [6, 6.07) is 5.14. The van der Waals surface area contributed by atoms with Gasteiger partial charge in [-0.05, 0) is 18.2 Å². The van der Waals surface area contributed by atoms with Crippen LogP contribution in [0.3, 0.4) is 0 Å². The number of halogens is 1. The van der Waals surface area contributed by atoms with Crippen molar-refractivity contribution in [2.24, 2.45) is 0 Å². The lowest BCUT2D eigenvalue weighted by molar-refractivity contribution is 0.244. The summed E-state index contributed by atoms with van der Waals surface area (Å²) in [5.41, 5.74) is 1.31. The summed E-state index contributed by atoms with van der Waals surface area (Å²) >= 11 is 5.73. The number of aliphatic hydroxyl groups is 1. The van der Waals surface area contributed by atoms with E-state index >= 15 is 0 Å². The Morgan fingerprint density at radius 3 is 3.08 bits per heavy atom. The Labute approximate surface area is 73.6 Å². The van der Waals surface area contributed by atoms with Gasteiger partial charge in [0.05, 0.1) is 0 Å². The highest BCUT2D eigenvalue weighted by molar-refractivity contribution is 6.31. The maximum absolute atomic E-state index is 8.72. The molecule has 12 heavy (non-hydrogen) atoms. The predicted octanol–water partition coefficient (Wildman–Crippen LogP) is 1.97. The summed E-state index contributed by atoms with van der Waals surface area (Å²) in [5.74, 6) is 0.312. The van der Waals surface area contributed by atoms with Crippen molar-refractivity contribution in [1.82, 2.24) is 4.98 Å². The molecule has 4 heteroatoms. The van der Waals surface area contributed by atoms with Crippen LogP contribution in [0.15, 0.2) is 22.6 Å². The second-order valence-electron chi connectivity index (χ2n) is 2.38. The smallest absolute Gasteiger partial charge is 0.221 e. The number of benzene rings is 1. The van der Waals surface area contributed by atoms with Crippen molar-refractivity contribution in [3.63, 3.8) is 0 Å². The highest BCUT2D eigenvalue weighted by Gasteiger charge is 2.03. The van der Waals surface area contributed by atoms with Gasteiger partial charge in [-0.2, -0.15) is 0 Å². The lowest BCUT2D eigenvalue weighted by Crippen LogP contribution is -1.78. The van der Waals surface area contributed by atoms with Crippen LogP contribution < -0.4 is 0 Å². The summed E-state index contributed by atoms with van der Waals surface area (Å²) in [6.45, 7) is -0.188. The van der Waals surface area contributed by atoms with E-state index in [9.17, 15) is 0 Å². The Morgan fingerprint density at radius 1 is 1.50 bits per heavy atom. The molecule has 0 radical (unpaired) electrons. The van der Waals surface area contributed by atoms with Gasteiger partial charge in [-0.25, -0.2) is 4.98 Å². The molecule has 1 N–H and O–H groups in total. The maximum Gasteiger partial charge on any atom is 0.221 e. The molecule has 0 aliphatic rings. The van der Waals surface area contributed by atoms with Crippen molar-refractivity contribution in [3.8, 4) is 0 Å². The number of nitrogens with zero attached hydrogens (tertiary/aromatic N) is 1. The second kappa shape index (κ2) is 2.77. The van der Waals surface area contributed by atoms with E-state index < -0.39 is 0 Å². The molecule has 3 nitrogen and oxygen atoms in total. The lowest BCUT2D eigenvalue weighted by atomic mass is 10.3. The van der Waals surface area contributed by atoms with E-state index in [0.717, 1.165) is 0 Å². The summed E-state index contributed by atoms with van der Waals surface area (Å²) < 4.78 is 5.15. The number of oxazole rings is 1. The first-order valence-corrected chi connectivity index (χ1v) is 3.83. The fraction of sp³-hybridized carbons (Fsp3) is 0.125. The Hall–Kier alpha value is -1.06. The van der Waals surface area contributed by atoms with Gasteiger partial charge >= 0.3 is 0 Å². The third-order valence-corrected chi connectivity index (χ3v) is 1.76. The molecule has 0 unspecified atom stereocenters. The highest BCUT2D eigenvalue weighted by Crippen LogP contribution is 2.19. The van der Waals surface area contributed by atoms with Crippen LogP contribution in [0, 0.1) is 0 Å². The molecular formula is C8H6ClNO2. The molecule has 2 rings (SSSR count). The zero-order valence-corrected chi connectivity index (χ0v) is 6.88. The standard InChI is InChI=1S/C8H6ClNO2/c9-5-1-2-7-6(3-5)10-8(4-11)12-7/h1-3,11H,4H2. The first-order valence-electron chi connectivity index (χ1n) is 3.45. The molecule has 0 atom stereocenters. The second-order valence-corrected chi connectivity index (χ2v) is 2.81. The van der Waals surface area contributed by atoms with Crippen molar-refractivity contribution in [1.29, 1.82) is 0 Å². The third-order valence-electron chi connectivity index (χ3n) is 1.53. The minimum Gasteiger partial charge on any atom is -0.438 e. The molecule has 62 valence electrons. The molecule has 0 bridgehead atoms. The third kappa shape index (κ3) is 1.17. The Bertz CT molecular complexity index is 410. The van der Waals surface area contributed by atoms with Crippen LogP contribution in [0.25, 0.3) is 11.1 Å². The molecule has 0 amide bonds. The fourth-order valence-electron chi connectivity index (χ4n) is 1.02. The van der Waals surface area contributed by atoms with E-state index in [4.69, 9.17) is 21.1 Å². The van der Waals surface area contributed by atoms with Gasteiger partial charge in [0.15, 0.2) is 5.58 Å². The van der Waals surface area contributed by atoms with Gasteiger partial charge in [0.1, 0.15) is 12.1 Å². The largest absolute Gasteiger partial charge is 0.438 e. The van der Waals surface area contributed by atoms with Gasteiger partial charge in [0.2, 0.25) is 5.89 Å². The number of aliphatic hydroxyl groups excluding tert-OH is 1. The van der Waals surface area contributed by atoms with Crippen molar-refractivity contribution in [3.05, 3.63) is 29.1 Å². The van der Waals surface area contributed by atoms with Gasteiger partial charge in [0.25, 0.3) is 0 Å². The number of hydrogen-bond donors (Lipinski definition) is 1. The molecule has 0 aliphatic heterocycles. The van der Waals surface area contributed by atoms with Gasteiger partial charge < -0.3 is 9.52 Å². The molecule has 1 heterocycles. The molecule has 0 saturated carbocycles. The topological polar surface area (TPSA) is 46.3 Å². The SMILES string of the molecule is OCc1nc2cc(Cl)ccc2o1. The van der Waals surface area contributed by atoms with Gasteiger partial charge in [-0.3, -0.25) is 0 Å². The summed E-state index contributed by atoms with van der Waals surface area (Å²) in [5, 5.41) is 9.33. The molecule has 0 spiro atoms. The monoisotopic (exact) mass is 183 g/mol. The number of hydrogen-bond acceptors (Lipinski definition) is 3. The van der Waals surface area contributed by atoms with E-state index in [-0.39, 0.29) is 6.61 Å². The van der Waals surface area contributed by atoms with Crippen molar-refractivity contribution in [2.45, 2.75) is 6.61 Å². The molecular weight excluding hydrogens is 178 g/mol. The summed E-state index contributed by atoms with van der Waals surface area (Å²) in [6.07, 6.45) is 0. The van der Waals surface area contributed by atoms with Crippen molar-refractivity contribution < 1.29 is 9.52 Å². The minimum atomic E-state index is -0.188. The fourth-order valence-corrected chi connectivity index (χ4v) is 1.18. The van der Waals surface area contributed by atoms with Crippen molar-refractivity contribution in [2.75, 3.05) is 0 Å². The van der Waals surface area contributed by atoms with Crippen molar-refractivity contribution >= 4 is 22.7 Å². The Balaban J connectivity index is 2.67. The summed E-state index contributed by atoms with van der Waals surface area (Å²) in [7, 11) is 0. The Morgan fingerprint density at radius 2 is 2.33 bits per heavy atom. The predicted molar refractivity (Wildman–Crippen MR) is 44.9 cm³/mol. The first-order chi connectivity index (χ1) is 5.79. The van der Waals surface area contributed by atoms with Crippen LogP contribution in [0.2, 0.25) is 5.02 Å². The molecule has 0 saturated heterocycles.